The van der Waals surface area contributed by atoms with Crippen molar-refractivity contribution in [1.82, 2.24) is 0 Å². The van der Waals surface area contributed by atoms with E-state index < -0.39 is 10.8 Å². The van der Waals surface area contributed by atoms with Crippen molar-refractivity contribution in [2.24, 2.45) is 0 Å². The van der Waals surface area contributed by atoms with Crippen LogP contribution < -0.4 is 15.0 Å². The van der Waals surface area contributed by atoms with Crippen molar-refractivity contribution >= 4 is 28.9 Å². The molecule has 1 aliphatic heterocycles. The zero-order valence-electron chi connectivity index (χ0n) is 16.9. The largest absolute Gasteiger partial charge is 0.454 e. The maximum Gasteiger partial charge on any atom is 0.272 e. The van der Waals surface area contributed by atoms with Gasteiger partial charge in [-0.25, -0.2) is 0 Å². The molecule has 3 aromatic carbocycles. The molecule has 3 aromatic rings. The van der Waals surface area contributed by atoms with Crippen molar-refractivity contribution in [3.63, 3.8) is 0 Å². The number of fused-ring (bicyclic) bond motifs is 2. The van der Waals surface area contributed by atoms with E-state index in [1.54, 1.807) is 36.1 Å². The Hall–Kier alpha value is -4.20. The highest BCUT2D eigenvalue weighted by molar-refractivity contribution is 6.11. The summed E-state index contributed by atoms with van der Waals surface area (Å²) in [4.78, 5) is 37.9. The lowest BCUT2D eigenvalue weighted by atomic mass is 10.1. The van der Waals surface area contributed by atoms with Gasteiger partial charge in [0, 0.05) is 29.4 Å². The Bertz CT molecular complexity index is 1220. The van der Waals surface area contributed by atoms with E-state index in [9.17, 15) is 19.7 Å². The van der Waals surface area contributed by atoms with Gasteiger partial charge in [0.25, 0.3) is 17.5 Å². The monoisotopic (exact) mass is 417 g/mol. The molecule has 0 bridgehead atoms. The predicted molar refractivity (Wildman–Crippen MR) is 116 cm³/mol. The molecule has 0 atom stereocenters. The zero-order valence-corrected chi connectivity index (χ0v) is 16.9. The predicted octanol–water partition coefficient (Wildman–Crippen LogP) is 4.93. The Labute approximate surface area is 178 Å². The van der Waals surface area contributed by atoms with Gasteiger partial charge in [-0.3, -0.25) is 19.7 Å². The fourth-order valence-electron chi connectivity index (χ4n) is 3.52. The number of nitro groups is 1. The molecule has 8 heteroatoms. The van der Waals surface area contributed by atoms with Gasteiger partial charge in [0.05, 0.1) is 16.2 Å². The van der Waals surface area contributed by atoms with Crippen LogP contribution in [0.5, 0.6) is 11.5 Å². The molecular formula is C23H19N3O5. The Morgan fingerprint density at radius 3 is 2.58 bits per heavy atom. The van der Waals surface area contributed by atoms with E-state index in [2.05, 4.69) is 5.32 Å². The minimum atomic E-state index is -0.493. The number of aryl methyl sites for hydroxylation is 1. The van der Waals surface area contributed by atoms with Crippen LogP contribution in [0.1, 0.15) is 33.2 Å². The van der Waals surface area contributed by atoms with Crippen LogP contribution in [0.3, 0.4) is 0 Å². The molecule has 0 radical (unpaired) electrons. The Morgan fingerprint density at radius 2 is 1.87 bits per heavy atom. The summed E-state index contributed by atoms with van der Waals surface area (Å²) in [6.07, 6.45) is 0. The van der Waals surface area contributed by atoms with Gasteiger partial charge in [-0.15, -0.1) is 0 Å². The summed E-state index contributed by atoms with van der Waals surface area (Å²) in [5, 5.41) is 13.7. The third-order valence-electron chi connectivity index (χ3n) is 5.06. The third kappa shape index (κ3) is 3.71. The summed E-state index contributed by atoms with van der Waals surface area (Å²) < 4.78 is 5.96. The topological polar surface area (TPSA) is 102 Å². The molecule has 1 N–H and O–H groups in total. The van der Waals surface area contributed by atoms with E-state index in [4.69, 9.17) is 4.74 Å². The highest BCUT2D eigenvalue weighted by Gasteiger charge is 2.27. The van der Waals surface area contributed by atoms with Crippen LogP contribution in [-0.2, 0) is 0 Å². The number of hydrogen-bond acceptors (Lipinski definition) is 5. The number of rotatable bonds is 4. The zero-order chi connectivity index (χ0) is 22.1. The molecule has 0 spiro atoms. The maximum absolute atomic E-state index is 13.2. The molecule has 31 heavy (non-hydrogen) atoms. The molecule has 0 unspecified atom stereocenters. The first-order valence-electron chi connectivity index (χ1n) is 9.68. The first kappa shape index (κ1) is 20.1. The van der Waals surface area contributed by atoms with Crippen LogP contribution in [0.4, 0.5) is 17.1 Å². The number of benzene rings is 3. The summed E-state index contributed by atoms with van der Waals surface area (Å²) in [7, 11) is 0. The standard InChI is InChI=1S/C23H19N3O5/c1-3-25-19-6-4-5-7-21(19)31-20-11-9-16(13-17(20)23(25)28)24-22(27)15-8-10-18(26(29)30)14(2)12-15/h4-13H,3H2,1-2H3,(H,24,27). The number of nitrogens with zero attached hydrogens (tertiary/aromatic N) is 2. The van der Waals surface area contributed by atoms with Gasteiger partial charge < -0.3 is 15.0 Å². The van der Waals surface area contributed by atoms with E-state index in [0.29, 0.717) is 40.5 Å². The number of nitro benzene ring substituents is 1. The van der Waals surface area contributed by atoms with Crippen LogP contribution >= 0.6 is 0 Å². The number of ether oxygens (including phenoxy) is 1. The number of carbonyl (C=O) groups is 2. The SMILES string of the molecule is CCN1C(=O)c2cc(NC(=O)c3ccc([N+](=O)[O-])c(C)c3)ccc2Oc2ccccc21. The first-order chi connectivity index (χ1) is 14.9. The first-order valence-corrected chi connectivity index (χ1v) is 9.68. The molecule has 0 saturated heterocycles. The second-order valence-electron chi connectivity index (χ2n) is 7.04. The van der Waals surface area contributed by atoms with Crippen molar-refractivity contribution < 1.29 is 19.2 Å². The molecule has 2 amide bonds. The van der Waals surface area contributed by atoms with Crippen LogP contribution in [0, 0.1) is 17.0 Å². The number of para-hydroxylation sites is 2. The van der Waals surface area contributed by atoms with Crippen molar-refractivity contribution in [1.29, 1.82) is 0 Å². The summed E-state index contributed by atoms with van der Waals surface area (Å²) in [5.74, 6) is 0.312. The Morgan fingerprint density at radius 1 is 1.10 bits per heavy atom. The average Bonchev–Trinajstić information content (AvgIpc) is 2.87. The summed E-state index contributed by atoms with van der Waals surface area (Å²) in [6.45, 7) is 3.91. The minimum absolute atomic E-state index is 0.0523. The molecular weight excluding hydrogens is 398 g/mol. The quantitative estimate of drug-likeness (QED) is 0.479. The molecule has 1 heterocycles. The average molecular weight is 417 g/mol. The second kappa shape index (κ2) is 7.91. The van der Waals surface area contributed by atoms with Crippen LogP contribution in [0.2, 0.25) is 0 Å². The fraction of sp³-hybridized carbons (Fsp3) is 0.130. The number of anilines is 2. The lowest BCUT2D eigenvalue weighted by Crippen LogP contribution is -2.29. The Balaban J connectivity index is 1.64. The molecule has 0 aliphatic carbocycles. The van der Waals surface area contributed by atoms with Crippen molar-refractivity contribution in [2.75, 3.05) is 16.8 Å². The van der Waals surface area contributed by atoms with Crippen LogP contribution in [0.25, 0.3) is 0 Å². The molecule has 156 valence electrons. The highest BCUT2D eigenvalue weighted by Crippen LogP contribution is 2.39. The van der Waals surface area contributed by atoms with E-state index in [0.717, 1.165) is 0 Å². The molecule has 8 nitrogen and oxygen atoms in total. The van der Waals surface area contributed by atoms with Gasteiger partial charge >= 0.3 is 0 Å². The molecule has 0 saturated carbocycles. The van der Waals surface area contributed by atoms with E-state index in [1.165, 1.54) is 18.2 Å². The maximum atomic E-state index is 13.2. The molecule has 1 aliphatic rings. The summed E-state index contributed by atoms with van der Waals surface area (Å²) >= 11 is 0. The molecule has 0 fully saturated rings. The van der Waals surface area contributed by atoms with Gasteiger partial charge in [-0.2, -0.15) is 0 Å². The highest BCUT2D eigenvalue weighted by atomic mass is 16.6. The number of nitrogens with one attached hydrogen (secondary N) is 1. The van der Waals surface area contributed by atoms with Gasteiger partial charge in [0.1, 0.15) is 5.75 Å². The summed E-state index contributed by atoms with van der Waals surface area (Å²) in [5.41, 5.74) is 2.04. The van der Waals surface area contributed by atoms with Crippen LogP contribution in [0.15, 0.2) is 60.7 Å². The molecule has 0 aromatic heterocycles. The van der Waals surface area contributed by atoms with Crippen molar-refractivity contribution in [3.05, 3.63) is 87.5 Å². The third-order valence-corrected chi connectivity index (χ3v) is 5.06. The smallest absolute Gasteiger partial charge is 0.272 e. The number of amides is 2. The Kier molecular flexibility index (Phi) is 5.12. The second-order valence-corrected chi connectivity index (χ2v) is 7.04. The van der Waals surface area contributed by atoms with E-state index in [-0.39, 0.29) is 17.2 Å². The van der Waals surface area contributed by atoms with Gasteiger partial charge in [0.15, 0.2) is 5.75 Å². The fourth-order valence-corrected chi connectivity index (χ4v) is 3.52. The van der Waals surface area contributed by atoms with Crippen LogP contribution in [-0.4, -0.2) is 23.3 Å². The lowest BCUT2D eigenvalue weighted by Gasteiger charge is -2.19. The van der Waals surface area contributed by atoms with Crippen molar-refractivity contribution in [3.8, 4) is 11.5 Å². The van der Waals surface area contributed by atoms with E-state index in [1.807, 2.05) is 25.1 Å². The normalized spacial score (nSPS) is 12.3. The van der Waals surface area contributed by atoms with Gasteiger partial charge in [-0.05, 0) is 56.3 Å². The summed E-state index contributed by atoms with van der Waals surface area (Å²) in [6, 6.07) is 16.3. The minimum Gasteiger partial charge on any atom is -0.454 e. The van der Waals surface area contributed by atoms with Gasteiger partial charge in [-0.1, -0.05) is 12.1 Å². The number of carbonyl (C=O) groups excluding carboxylic acids is 2. The van der Waals surface area contributed by atoms with Gasteiger partial charge in [0.2, 0.25) is 0 Å². The lowest BCUT2D eigenvalue weighted by molar-refractivity contribution is -0.385. The van der Waals surface area contributed by atoms with Crippen molar-refractivity contribution in [2.45, 2.75) is 13.8 Å². The number of hydrogen-bond donors (Lipinski definition) is 1. The molecule has 4 rings (SSSR count). The van der Waals surface area contributed by atoms with E-state index >= 15 is 0 Å².